The molecule has 4 nitrogen and oxygen atoms in total. The maximum Gasteiger partial charge on any atom is 0.230 e. The second-order valence-corrected chi connectivity index (χ2v) is 8.48. The number of rotatable bonds is 7. The Morgan fingerprint density at radius 2 is 1.59 bits per heavy atom. The number of carbonyl (C=O) groups is 2. The molecule has 2 aliphatic carbocycles. The van der Waals surface area contributed by atoms with Crippen molar-refractivity contribution in [2.45, 2.75) is 56.8 Å². The van der Waals surface area contributed by atoms with Crippen molar-refractivity contribution in [3.05, 3.63) is 65.7 Å². The van der Waals surface area contributed by atoms with Crippen LogP contribution in [0, 0.1) is 5.92 Å². The van der Waals surface area contributed by atoms with Crippen molar-refractivity contribution in [2.75, 3.05) is 11.9 Å². The molecule has 29 heavy (non-hydrogen) atoms. The van der Waals surface area contributed by atoms with Crippen LogP contribution in [0.1, 0.15) is 56.1 Å². The van der Waals surface area contributed by atoms with Gasteiger partial charge in [-0.1, -0.05) is 61.7 Å². The molecule has 0 atom stereocenters. The smallest absolute Gasteiger partial charge is 0.230 e. The SMILES string of the molecule is O=C(Nc1ccc(C2(C(=O)NCCc3ccccc3)CCCCC2)cc1)C1CC1. The molecule has 2 N–H and O–H groups in total. The molecule has 4 rings (SSSR count). The first-order valence-corrected chi connectivity index (χ1v) is 10.9. The quantitative estimate of drug-likeness (QED) is 0.726. The van der Waals surface area contributed by atoms with E-state index in [0.29, 0.717) is 6.54 Å². The van der Waals surface area contributed by atoms with E-state index in [1.807, 2.05) is 42.5 Å². The van der Waals surface area contributed by atoms with Crippen LogP contribution in [0.15, 0.2) is 54.6 Å². The normalized spacial score (nSPS) is 18.1. The summed E-state index contributed by atoms with van der Waals surface area (Å²) in [6.45, 7) is 0.653. The minimum absolute atomic E-state index is 0.115. The summed E-state index contributed by atoms with van der Waals surface area (Å²) in [5.41, 5.74) is 2.68. The Morgan fingerprint density at radius 1 is 0.897 bits per heavy atom. The van der Waals surface area contributed by atoms with E-state index in [-0.39, 0.29) is 17.7 Å². The molecule has 2 amide bonds. The summed E-state index contributed by atoms with van der Waals surface area (Å²) < 4.78 is 0. The number of anilines is 1. The average molecular weight is 391 g/mol. The van der Waals surface area contributed by atoms with E-state index in [9.17, 15) is 9.59 Å². The molecule has 0 unspecified atom stereocenters. The van der Waals surface area contributed by atoms with E-state index >= 15 is 0 Å². The third-order valence-corrected chi connectivity index (χ3v) is 6.34. The maximum absolute atomic E-state index is 13.3. The third-order valence-electron chi connectivity index (χ3n) is 6.34. The molecule has 0 heterocycles. The van der Waals surface area contributed by atoms with Gasteiger partial charge in [-0.25, -0.2) is 0 Å². The second-order valence-electron chi connectivity index (χ2n) is 8.48. The van der Waals surface area contributed by atoms with Crippen molar-refractivity contribution < 1.29 is 9.59 Å². The molecule has 0 aliphatic heterocycles. The van der Waals surface area contributed by atoms with Crippen molar-refractivity contribution in [1.29, 1.82) is 0 Å². The zero-order valence-electron chi connectivity index (χ0n) is 17.0. The summed E-state index contributed by atoms with van der Waals surface area (Å²) in [6, 6.07) is 18.2. The molecule has 0 bridgehead atoms. The lowest BCUT2D eigenvalue weighted by Crippen LogP contribution is -2.46. The summed E-state index contributed by atoms with van der Waals surface area (Å²) in [6.07, 6.45) is 7.95. The second kappa shape index (κ2) is 8.81. The number of hydrogen-bond acceptors (Lipinski definition) is 2. The van der Waals surface area contributed by atoms with Gasteiger partial charge >= 0.3 is 0 Å². The zero-order chi connectivity index (χ0) is 20.1. The monoisotopic (exact) mass is 390 g/mol. The van der Waals surface area contributed by atoms with Gasteiger partial charge < -0.3 is 10.6 Å². The number of carbonyl (C=O) groups excluding carboxylic acids is 2. The van der Waals surface area contributed by atoms with Gasteiger partial charge in [-0.3, -0.25) is 9.59 Å². The standard InChI is InChI=1S/C25H30N2O2/c28-23(20-9-10-20)27-22-13-11-21(12-14-22)25(16-5-2-6-17-25)24(29)26-18-15-19-7-3-1-4-8-19/h1,3-4,7-8,11-14,20H,2,5-6,9-10,15-18H2,(H,26,29)(H,27,28). The summed E-state index contributed by atoms with van der Waals surface area (Å²) in [7, 11) is 0. The molecule has 0 aromatic heterocycles. The lowest BCUT2D eigenvalue weighted by atomic mass is 9.68. The number of benzene rings is 2. The molecule has 2 saturated carbocycles. The molecule has 152 valence electrons. The molecule has 2 fully saturated rings. The van der Waals surface area contributed by atoms with Crippen molar-refractivity contribution in [3.8, 4) is 0 Å². The lowest BCUT2D eigenvalue weighted by Gasteiger charge is -2.36. The van der Waals surface area contributed by atoms with Gasteiger partial charge in [0.25, 0.3) is 0 Å². The van der Waals surface area contributed by atoms with Crippen LogP contribution in [0.4, 0.5) is 5.69 Å². The predicted molar refractivity (Wildman–Crippen MR) is 116 cm³/mol. The van der Waals surface area contributed by atoms with E-state index in [2.05, 4.69) is 22.8 Å². The highest BCUT2D eigenvalue weighted by Crippen LogP contribution is 2.40. The Kier molecular flexibility index (Phi) is 5.98. The first-order valence-electron chi connectivity index (χ1n) is 10.9. The highest BCUT2D eigenvalue weighted by atomic mass is 16.2. The lowest BCUT2D eigenvalue weighted by molar-refractivity contribution is -0.128. The van der Waals surface area contributed by atoms with Gasteiger partial charge in [-0.2, -0.15) is 0 Å². The summed E-state index contributed by atoms with van der Waals surface area (Å²) >= 11 is 0. The Morgan fingerprint density at radius 3 is 2.24 bits per heavy atom. The molecule has 2 aromatic carbocycles. The van der Waals surface area contributed by atoms with Crippen molar-refractivity contribution in [1.82, 2.24) is 5.32 Å². The fourth-order valence-electron chi connectivity index (χ4n) is 4.40. The first-order chi connectivity index (χ1) is 14.2. The first kappa shape index (κ1) is 19.7. The van der Waals surface area contributed by atoms with Crippen LogP contribution in [0.2, 0.25) is 0 Å². The molecule has 2 aliphatic rings. The number of nitrogens with one attached hydrogen (secondary N) is 2. The van der Waals surface area contributed by atoms with Crippen LogP contribution in [0.3, 0.4) is 0 Å². The molecule has 0 spiro atoms. The van der Waals surface area contributed by atoms with E-state index < -0.39 is 5.41 Å². The number of hydrogen-bond donors (Lipinski definition) is 2. The largest absolute Gasteiger partial charge is 0.355 e. The van der Waals surface area contributed by atoms with Crippen LogP contribution in [-0.2, 0) is 21.4 Å². The average Bonchev–Trinajstić information content (AvgIpc) is 3.61. The van der Waals surface area contributed by atoms with Gasteiger partial charge in [-0.05, 0) is 55.4 Å². The minimum atomic E-state index is -0.450. The van der Waals surface area contributed by atoms with Crippen LogP contribution < -0.4 is 10.6 Å². The highest BCUT2D eigenvalue weighted by molar-refractivity contribution is 5.94. The molecular formula is C25H30N2O2. The summed E-state index contributed by atoms with van der Waals surface area (Å²) in [5, 5.41) is 6.19. The van der Waals surface area contributed by atoms with Crippen LogP contribution >= 0.6 is 0 Å². The van der Waals surface area contributed by atoms with Gasteiger partial charge in [0.15, 0.2) is 0 Å². The highest BCUT2D eigenvalue weighted by Gasteiger charge is 2.40. The third kappa shape index (κ3) is 4.69. The fraction of sp³-hybridized carbons (Fsp3) is 0.440. The van der Waals surface area contributed by atoms with E-state index in [1.165, 1.54) is 12.0 Å². The molecular weight excluding hydrogens is 360 g/mol. The van der Waals surface area contributed by atoms with E-state index in [1.54, 1.807) is 0 Å². The van der Waals surface area contributed by atoms with E-state index in [0.717, 1.165) is 56.2 Å². The molecule has 2 aromatic rings. The number of amides is 2. The Bertz CT molecular complexity index is 835. The maximum atomic E-state index is 13.3. The Hall–Kier alpha value is -2.62. The molecule has 0 saturated heterocycles. The van der Waals surface area contributed by atoms with Gasteiger partial charge in [0.2, 0.25) is 11.8 Å². The topological polar surface area (TPSA) is 58.2 Å². The predicted octanol–water partition coefficient (Wildman–Crippen LogP) is 4.60. The minimum Gasteiger partial charge on any atom is -0.355 e. The Balaban J connectivity index is 1.43. The van der Waals surface area contributed by atoms with Gasteiger partial charge in [0.1, 0.15) is 0 Å². The molecule has 4 heteroatoms. The molecule has 0 radical (unpaired) electrons. The van der Waals surface area contributed by atoms with Gasteiger partial charge in [-0.15, -0.1) is 0 Å². The summed E-state index contributed by atoms with van der Waals surface area (Å²) in [4.78, 5) is 25.3. The summed E-state index contributed by atoms with van der Waals surface area (Å²) in [5.74, 6) is 0.446. The van der Waals surface area contributed by atoms with Gasteiger partial charge in [0.05, 0.1) is 5.41 Å². The van der Waals surface area contributed by atoms with Gasteiger partial charge in [0, 0.05) is 18.2 Å². The van der Waals surface area contributed by atoms with Crippen LogP contribution in [0.5, 0.6) is 0 Å². The van der Waals surface area contributed by atoms with Crippen molar-refractivity contribution in [2.24, 2.45) is 5.92 Å². The zero-order valence-corrected chi connectivity index (χ0v) is 17.0. The van der Waals surface area contributed by atoms with Crippen LogP contribution in [-0.4, -0.2) is 18.4 Å². The fourth-order valence-corrected chi connectivity index (χ4v) is 4.40. The van der Waals surface area contributed by atoms with Crippen LogP contribution in [0.25, 0.3) is 0 Å². The van der Waals surface area contributed by atoms with Crippen molar-refractivity contribution >= 4 is 17.5 Å². The van der Waals surface area contributed by atoms with E-state index in [4.69, 9.17) is 0 Å². The Labute approximate surface area is 173 Å². The van der Waals surface area contributed by atoms with Crippen molar-refractivity contribution in [3.63, 3.8) is 0 Å².